The van der Waals surface area contributed by atoms with E-state index in [2.05, 4.69) is 0 Å². The summed E-state index contributed by atoms with van der Waals surface area (Å²) in [6.07, 6.45) is 2.56. The molecule has 1 amide bonds. The highest BCUT2D eigenvalue weighted by atomic mass is 16.5. The van der Waals surface area contributed by atoms with Gasteiger partial charge in [-0.25, -0.2) is 0 Å². The van der Waals surface area contributed by atoms with Gasteiger partial charge in [0, 0.05) is 18.7 Å². The Morgan fingerprint density at radius 2 is 1.96 bits per heavy atom. The van der Waals surface area contributed by atoms with E-state index in [4.69, 9.17) is 9.47 Å². The van der Waals surface area contributed by atoms with Crippen molar-refractivity contribution in [3.63, 3.8) is 0 Å². The number of likely N-dealkylation sites (tertiary alicyclic amines) is 1. The zero-order chi connectivity index (χ0) is 16.7. The summed E-state index contributed by atoms with van der Waals surface area (Å²) in [6.45, 7) is 6.01. The maximum atomic E-state index is 12.6. The molecule has 1 aromatic carbocycles. The van der Waals surface area contributed by atoms with Crippen LogP contribution in [-0.2, 0) is 9.53 Å². The number of carbonyl (C=O) groups excluding carboxylic acids is 2. The molecule has 0 aromatic heterocycles. The lowest BCUT2D eigenvalue weighted by Gasteiger charge is -2.31. The average Bonchev–Trinajstić information content (AvgIpc) is 2.60. The van der Waals surface area contributed by atoms with Crippen molar-refractivity contribution >= 4 is 11.9 Å². The molecule has 0 spiro atoms. The maximum absolute atomic E-state index is 12.6. The summed E-state index contributed by atoms with van der Waals surface area (Å²) in [6, 6.07) is 7.19. The molecular weight excluding hydrogens is 294 g/mol. The minimum Gasteiger partial charge on any atom is -0.494 e. The van der Waals surface area contributed by atoms with Crippen molar-refractivity contribution in [2.24, 2.45) is 5.92 Å². The highest BCUT2D eigenvalue weighted by Crippen LogP contribution is 2.21. The Kier molecular flexibility index (Phi) is 6.44. The highest BCUT2D eigenvalue weighted by Gasteiger charge is 2.29. The van der Waals surface area contributed by atoms with Crippen molar-refractivity contribution in [1.29, 1.82) is 0 Å². The van der Waals surface area contributed by atoms with Crippen LogP contribution in [0.1, 0.15) is 43.5 Å². The molecule has 1 saturated heterocycles. The van der Waals surface area contributed by atoms with E-state index in [-0.39, 0.29) is 17.8 Å². The van der Waals surface area contributed by atoms with Gasteiger partial charge in [0.1, 0.15) is 5.75 Å². The van der Waals surface area contributed by atoms with Gasteiger partial charge < -0.3 is 14.4 Å². The molecule has 0 aliphatic carbocycles. The van der Waals surface area contributed by atoms with E-state index in [1.54, 1.807) is 24.0 Å². The van der Waals surface area contributed by atoms with Crippen LogP contribution in [0.5, 0.6) is 5.75 Å². The number of ether oxygens (including phenoxy) is 2. The van der Waals surface area contributed by atoms with Crippen LogP contribution in [0.2, 0.25) is 0 Å². The molecule has 1 atom stereocenters. The van der Waals surface area contributed by atoms with Gasteiger partial charge in [-0.2, -0.15) is 0 Å². The molecule has 1 aliphatic heterocycles. The molecule has 0 bridgehead atoms. The Balaban J connectivity index is 1.97. The number of esters is 1. The highest BCUT2D eigenvalue weighted by molar-refractivity contribution is 5.94. The molecule has 1 unspecified atom stereocenters. The van der Waals surface area contributed by atoms with Gasteiger partial charge in [0.25, 0.3) is 5.91 Å². The Morgan fingerprint density at radius 1 is 1.22 bits per heavy atom. The van der Waals surface area contributed by atoms with E-state index in [1.165, 1.54) is 0 Å². The molecule has 0 N–H and O–H groups in total. The Labute approximate surface area is 137 Å². The minimum atomic E-state index is -0.209. The average molecular weight is 319 g/mol. The smallest absolute Gasteiger partial charge is 0.310 e. The largest absolute Gasteiger partial charge is 0.494 e. The fourth-order valence-electron chi connectivity index (χ4n) is 2.71. The van der Waals surface area contributed by atoms with Crippen molar-refractivity contribution in [3.05, 3.63) is 29.8 Å². The molecule has 0 saturated carbocycles. The summed E-state index contributed by atoms with van der Waals surface area (Å²) in [7, 11) is 0. The Morgan fingerprint density at radius 3 is 2.61 bits per heavy atom. The SMILES string of the molecule is CCCOc1ccc(C(=O)N2CCCC(C(=O)OCC)C2)cc1. The van der Waals surface area contributed by atoms with Gasteiger partial charge in [0.15, 0.2) is 0 Å². The summed E-state index contributed by atoms with van der Waals surface area (Å²) in [5.41, 5.74) is 0.623. The molecule has 126 valence electrons. The number of hydrogen-bond acceptors (Lipinski definition) is 4. The lowest BCUT2D eigenvalue weighted by molar-refractivity contribution is -0.149. The van der Waals surface area contributed by atoms with E-state index in [0.717, 1.165) is 25.0 Å². The van der Waals surface area contributed by atoms with Gasteiger partial charge in [-0.05, 0) is 50.5 Å². The Bertz CT molecular complexity index is 526. The zero-order valence-corrected chi connectivity index (χ0v) is 13.9. The van der Waals surface area contributed by atoms with Gasteiger partial charge in [-0.15, -0.1) is 0 Å². The third kappa shape index (κ3) is 4.71. The quantitative estimate of drug-likeness (QED) is 0.757. The lowest BCUT2D eigenvalue weighted by atomic mass is 9.97. The topological polar surface area (TPSA) is 55.8 Å². The molecule has 1 aliphatic rings. The number of hydrogen-bond donors (Lipinski definition) is 0. The summed E-state index contributed by atoms with van der Waals surface area (Å²) < 4.78 is 10.6. The normalized spacial score (nSPS) is 17.7. The van der Waals surface area contributed by atoms with Crippen LogP contribution in [0.15, 0.2) is 24.3 Å². The van der Waals surface area contributed by atoms with Crippen molar-refractivity contribution in [2.45, 2.75) is 33.1 Å². The second-order valence-corrected chi connectivity index (χ2v) is 5.72. The third-order valence-electron chi connectivity index (χ3n) is 3.90. The van der Waals surface area contributed by atoms with E-state index in [9.17, 15) is 9.59 Å². The van der Waals surface area contributed by atoms with E-state index < -0.39 is 0 Å². The van der Waals surface area contributed by atoms with Gasteiger partial charge in [-0.1, -0.05) is 6.92 Å². The molecule has 5 heteroatoms. The van der Waals surface area contributed by atoms with Crippen LogP contribution in [0.25, 0.3) is 0 Å². The lowest BCUT2D eigenvalue weighted by Crippen LogP contribution is -2.42. The first kappa shape index (κ1) is 17.3. The number of nitrogens with zero attached hydrogens (tertiary/aromatic N) is 1. The fraction of sp³-hybridized carbons (Fsp3) is 0.556. The van der Waals surface area contributed by atoms with Gasteiger partial charge >= 0.3 is 5.97 Å². The standard InChI is InChI=1S/C18H25NO4/c1-3-12-23-16-9-7-14(8-10-16)17(20)19-11-5-6-15(13-19)18(21)22-4-2/h7-10,15H,3-6,11-13H2,1-2H3. The molecule has 5 nitrogen and oxygen atoms in total. The first-order chi connectivity index (χ1) is 11.2. The van der Waals surface area contributed by atoms with E-state index >= 15 is 0 Å². The van der Waals surface area contributed by atoms with Crippen LogP contribution in [0, 0.1) is 5.92 Å². The number of carbonyl (C=O) groups is 2. The molecule has 1 aromatic rings. The van der Waals surface area contributed by atoms with Gasteiger partial charge in [0.2, 0.25) is 0 Å². The van der Waals surface area contributed by atoms with Crippen LogP contribution in [0.3, 0.4) is 0 Å². The monoisotopic (exact) mass is 319 g/mol. The van der Waals surface area contributed by atoms with Crippen molar-refractivity contribution < 1.29 is 19.1 Å². The molecule has 2 rings (SSSR count). The number of piperidine rings is 1. The third-order valence-corrected chi connectivity index (χ3v) is 3.90. The summed E-state index contributed by atoms with van der Waals surface area (Å²) >= 11 is 0. The van der Waals surface area contributed by atoms with Crippen LogP contribution >= 0.6 is 0 Å². The van der Waals surface area contributed by atoms with E-state index in [1.807, 2.05) is 19.1 Å². The van der Waals surface area contributed by atoms with Crippen LogP contribution in [-0.4, -0.2) is 43.1 Å². The molecular formula is C18H25NO4. The molecule has 1 heterocycles. The summed E-state index contributed by atoms with van der Waals surface area (Å²) in [5.74, 6) is 0.320. The predicted molar refractivity (Wildman–Crippen MR) is 87.5 cm³/mol. The summed E-state index contributed by atoms with van der Waals surface area (Å²) in [4.78, 5) is 26.2. The Hall–Kier alpha value is -2.04. The maximum Gasteiger partial charge on any atom is 0.310 e. The molecule has 1 fully saturated rings. The molecule has 23 heavy (non-hydrogen) atoms. The minimum absolute atomic E-state index is 0.0407. The molecule has 0 radical (unpaired) electrons. The second kappa shape index (κ2) is 8.56. The summed E-state index contributed by atoms with van der Waals surface area (Å²) in [5, 5.41) is 0. The second-order valence-electron chi connectivity index (χ2n) is 5.72. The van der Waals surface area contributed by atoms with Crippen molar-refractivity contribution in [3.8, 4) is 5.75 Å². The zero-order valence-electron chi connectivity index (χ0n) is 13.9. The number of rotatable bonds is 6. The van der Waals surface area contributed by atoms with Crippen LogP contribution in [0.4, 0.5) is 0 Å². The van der Waals surface area contributed by atoms with Gasteiger partial charge in [0.05, 0.1) is 19.1 Å². The number of amides is 1. The van der Waals surface area contributed by atoms with Crippen molar-refractivity contribution in [2.75, 3.05) is 26.3 Å². The van der Waals surface area contributed by atoms with E-state index in [0.29, 0.717) is 31.9 Å². The van der Waals surface area contributed by atoms with Gasteiger partial charge in [-0.3, -0.25) is 9.59 Å². The predicted octanol–water partition coefficient (Wildman–Crippen LogP) is 2.89. The fourth-order valence-corrected chi connectivity index (χ4v) is 2.71. The van der Waals surface area contributed by atoms with Crippen LogP contribution < -0.4 is 4.74 Å². The van der Waals surface area contributed by atoms with Crippen molar-refractivity contribution in [1.82, 2.24) is 4.90 Å². The number of benzene rings is 1. The first-order valence-electron chi connectivity index (χ1n) is 8.34. The first-order valence-corrected chi connectivity index (χ1v) is 8.34.